The second-order valence-electron chi connectivity index (χ2n) is 5.63. The van der Waals surface area contributed by atoms with Crippen LogP contribution in [0.2, 0.25) is 0 Å². The Labute approximate surface area is 141 Å². The van der Waals surface area contributed by atoms with Crippen LogP contribution in [0.25, 0.3) is 6.08 Å². The Kier molecular flexibility index (Phi) is 6.60. The first kappa shape index (κ1) is 17.8. The molecular weight excluding hydrogens is 306 g/mol. The molecule has 6 nitrogen and oxygen atoms in total. The largest absolute Gasteiger partial charge is 0.491 e. The van der Waals surface area contributed by atoms with E-state index >= 15 is 0 Å². The minimum Gasteiger partial charge on any atom is -0.491 e. The summed E-state index contributed by atoms with van der Waals surface area (Å²) >= 11 is 0. The second kappa shape index (κ2) is 8.90. The topological polar surface area (TPSA) is 66.7 Å². The zero-order chi connectivity index (χ0) is 17.4. The summed E-state index contributed by atoms with van der Waals surface area (Å²) in [6, 6.07) is 11.8. The number of hydroxylamine groups is 1. The van der Waals surface area contributed by atoms with Crippen molar-refractivity contribution in [1.29, 1.82) is 0 Å². The van der Waals surface area contributed by atoms with Crippen molar-refractivity contribution in [2.75, 3.05) is 20.7 Å². The van der Waals surface area contributed by atoms with Crippen molar-refractivity contribution in [2.24, 2.45) is 0 Å². The van der Waals surface area contributed by atoms with Crippen LogP contribution in [-0.4, -0.2) is 41.3 Å². The van der Waals surface area contributed by atoms with Crippen LogP contribution < -0.4 is 10.2 Å². The SMILES string of the molecule is CN(C)Cc1ccccc1OCCn1cccc1C=CC(=O)NO. The van der Waals surface area contributed by atoms with E-state index in [1.807, 2.05) is 55.2 Å². The summed E-state index contributed by atoms with van der Waals surface area (Å²) in [6.07, 6.45) is 4.84. The van der Waals surface area contributed by atoms with Crippen molar-refractivity contribution in [3.05, 3.63) is 59.9 Å². The van der Waals surface area contributed by atoms with E-state index in [9.17, 15) is 4.79 Å². The molecule has 0 saturated carbocycles. The molecule has 2 N–H and O–H groups in total. The number of ether oxygens (including phenoxy) is 1. The summed E-state index contributed by atoms with van der Waals surface area (Å²) in [5.74, 6) is 0.326. The van der Waals surface area contributed by atoms with E-state index in [0.29, 0.717) is 13.2 Å². The van der Waals surface area contributed by atoms with Crippen LogP contribution >= 0.6 is 0 Å². The molecule has 0 aliphatic heterocycles. The third kappa shape index (κ3) is 5.26. The second-order valence-corrected chi connectivity index (χ2v) is 5.63. The minimum absolute atomic E-state index is 0.520. The number of nitrogens with zero attached hydrogens (tertiary/aromatic N) is 2. The van der Waals surface area contributed by atoms with Gasteiger partial charge in [0.25, 0.3) is 5.91 Å². The Morgan fingerprint density at radius 2 is 2.08 bits per heavy atom. The molecule has 0 radical (unpaired) electrons. The minimum atomic E-state index is -0.559. The van der Waals surface area contributed by atoms with Crippen molar-refractivity contribution >= 4 is 12.0 Å². The standard InChI is InChI=1S/C18H23N3O3/c1-20(2)14-15-6-3-4-8-17(15)24-13-12-21-11-5-7-16(21)9-10-18(22)19-23/h3-11,23H,12-14H2,1-2H3,(H,19,22). The maximum Gasteiger partial charge on any atom is 0.267 e. The lowest BCUT2D eigenvalue weighted by molar-refractivity contribution is -0.124. The lowest BCUT2D eigenvalue weighted by Gasteiger charge is -2.15. The first-order valence-corrected chi connectivity index (χ1v) is 7.73. The zero-order valence-corrected chi connectivity index (χ0v) is 14.0. The van der Waals surface area contributed by atoms with Crippen molar-refractivity contribution in [1.82, 2.24) is 14.9 Å². The summed E-state index contributed by atoms with van der Waals surface area (Å²) < 4.78 is 7.90. The number of hydrogen-bond acceptors (Lipinski definition) is 4. The number of rotatable bonds is 8. The van der Waals surface area contributed by atoms with Gasteiger partial charge >= 0.3 is 0 Å². The van der Waals surface area contributed by atoms with E-state index < -0.39 is 5.91 Å². The highest BCUT2D eigenvalue weighted by Crippen LogP contribution is 2.19. The van der Waals surface area contributed by atoms with Crippen LogP contribution in [0.5, 0.6) is 5.75 Å². The number of para-hydroxylation sites is 1. The van der Waals surface area contributed by atoms with Gasteiger partial charge in [-0.15, -0.1) is 0 Å². The highest BCUT2D eigenvalue weighted by Gasteiger charge is 2.05. The van der Waals surface area contributed by atoms with Gasteiger partial charge in [0.1, 0.15) is 12.4 Å². The van der Waals surface area contributed by atoms with E-state index in [4.69, 9.17) is 9.94 Å². The summed E-state index contributed by atoms with van der Waals surface area (Å²) in [5.41, 5.74) is 3.58. The van der Waals surface area contributed by atoms with Gasteiger partial charge in [0.15, 0.2) is 0 Å². The van der Waals surface area contributed by atoms with Gasteiger partial charge in [0.05, 0.1) is 6.54 Å². The molecule has 1 aromatic heterocycles. The molecule has 0 aliphatic rings. The van der Waals surface area contributed by atoms with Gasteiger partial charge in [-0.2, -0.15) is 0 Å². The lowest BCUT2D eigenvalue weighted by atomic mass is 10.2. The Morgan fingerprint density at radius 3 is 2.83 bits per heavy atom. The lowest BCUT2D eigenvalue weighted by Crippen LogP contribution is -2.15. The first-order valence-electron chi connectivity index (χ1n) is 7.73. The number of nitrogens with one attached hydrogen (secondary N) is 1. The van der Waals surface area contributed by atoms with E-state index in [-0.39, 0.29) is 0 Å². The summed E-state index contributed by atoms with van der Waals surface area (Å²) in [4.78, 5) is 13.2. The average Bonchev–Trinajstić information content (AvgIpc) is 3.01. The molecule has 0 fully saturated rings. The van der Waals surface area contributed by atoms with E-state index in [1.54, 1.807) is 11.6 Å². The fourth-order valence-corrected chi connectivity index (χ4v) is 2.35. The number of carbonyl (C=O) groups is 1. The zero-order valence-electron chi connectivity index (χ0n) is 14.0. The van der Waals surface area contributed by atoms with Crippen LogP contribution in [0.15, 0.2) is 48.7 Å². The van der Waals surface area contributed by atoms with Crippen molar-refractivity contribution in [3.63, 3.8) is 0 Å². The predicted octanol–water partition coefficient (Wildman–Crippen LogP) is 2.15. The fraction of sp³-hybridized carbons (Fsp3) is 0.278. The molecule has 6 heteroatoms. The van der Waals surface area contributed by atoms with Crippen molar-refractivity contribution in [3.8, 4) is 5.75 Å². The van der Waals surface area contributed by atoms with Crippen molar-refractivity contribution in [2.45, 2.75) is 13.1 Å². The Hall–Kier alpha value is -2.57. The quantitative estimate of drug-likeness (QED) is 0.442. The number of benzene rings is 1. The molecule has 0 atom stereocenters. The van der Waals surface area contributed by atoms with Gasteiger partial charge in [0, 0.05) is 30.1 Å². The predicted molar refractivity (Wildman–Crippen MR) is 92.7 cm³/mol. The molecule has 1 heterocycles. The highest BCUT2D eigenvalue weighted by atomic mass is 16.5. The first-order chi connectivity index (χ1) is 11.6. The number of carbonyl (C=O) groups excluding carboxylic acids is 1. The van der Waals surface area contributed by atoms with Crippen molar-refractivity contribution < 1.29 is 14.7 Å². The van der Waals surface area contributed by atoms with Crippen LogP contribution in [0.4, 0.5) is 0 Å². The monoisotopic (exact) mass is 329 g/mol. The van der Waals surface area contributed by atoms with Crippen LogP contribution in [0, 0.1) is 0 Å². The molecule has 0 aliphatic carbocycles. The Morgan fingerprint density at radius 1 is 1.29 bits per heavy atom. The highest BCUT2D eigenvalue weighted by molar-refractivity contribution is 5.90. The number of aromatic nitrogens is 1. The maximum atomic E-state index is 11.1. The smallest absolute Gasteiger partial charge is 0.267 e. The molecule has 128 valence electrons. The Balaban J connectivity index is 1.95. The molecule has 1 amide bonds. The summed E-state index contributed by atoms with van der Waals surface area (Å²) in [7, 11) is 4.05. The average molecular weight is 329 g/mol. The Bertz CT molecular complexity index is 692. The van der Waals surface area contributed by atoms with E-state index in [0.717, 1.165) is 23.6 Å². The molecular formula is C18H23N3O3. The van der Waals surface area contributed by atoms with Gasteiger partial charge in [0.2, 0.25) is 0 Å². The number of amides is 1. The molecule has 2 rings (SSSR count). The van der Waals surface area contributed by atoms with Gasteiger partial charge < -0.3 is 14.2 Å². The van der Waals surface area contributed by atoms with Crippen LogP contribution in [-0.2, 0) is 17.9 Å². The molecule has 0 unspecified atom stereocenters. The van der Waals surface area contributed by atoms with E-state index in [1.165, 1.54) is 6.08 Å². The fourth-order valence-electron chi connectivity index (χ4n) is 2.35. The van der Waals surface area contributed by atoms with Gasteiger partial charge in [-0.05, 0) is 38.4 Å². The molecule has 1 aromatic carbocycles. The molecule has 24 heavy (non-hydrogen) atoms. The van der Waals surface area contributed by atoms with Gasteiger partial charge in [-0.3, -0.25) is 10.0 Å². The van der Waals surface area contributed by atoms with Gasteiger partial charge in [-0.1, -0.05) is 18.2 Å². The number of hydrogen-bond donors (Lipinski definition) is 2. The normalized spacial score (nSPS) is 11.2. The summed E-state index contributed by atoms with van der Waals surface area (Å²) in [6.45, 7) is 2.00. The third-order valence-corrected chi connectivity index (χ3v) is 3.43. The summed E-state index contributed by atoms with van der Waals surface area (Å²) in [5, 5.41) is 8.51. The molecule has 0 spiro atoms. The van der Waals surface area contributed by atoms with Gasteiger partial charge in [-0.25, -0.2) is 5.48 Å². The van der Waals surface area contributed by atoms with E-state index in [2.05, 4.69) is 11.0 Å². The molecule has 2 aromatic rings. The maximum absolute atomic E-state index is 11.1. The van der Waals surface area contributed by atoms with Crippen LogP contribution in [0.3, 0.4) is 0 Å². The van der Waals surface area contributed by atoms with Crippen LogP contribution in [0.1, 0.15) is 11.3 Å². The molecule has 0 bridgehead atoms. The third-order valence-electron chi connectivity index (χ3n) is 3.43. The molecule has 0 saturated heterocycles.